The van der Waals surface area contributed by atoms with Crippen LogP contribution in [0.25, 0.3) is 0 Å². The maximum atomic E-state index is 14.0. The molecule has 3 amide bonds. The molecule has 7 heteroatoms. The van der Waals surface area contributed by atoms with E-state index in [0.717, 1.165) is 16.7 Å². The first-order valence-electron chi connectivity index (χ1n) is 12.6. The van der Waals surface area contributed by atoms with Crippen LogP contribution in [0, 0.1) is 0 Å². The first-order valence-corrected chi connectivity index (χ1v) is 12.6. The molecule has 0 bridgehead atoms. The molecule has 0 aromatic heterocycles. The second-order valence-electron chi connectivity index (χ2n) is 9.32. The van der Waals surface area contributed by atoms with Crippen LogP contribution in [-0.4, -0.2) is 48.0 Å². The highest BCUT2D eigenvalue weighted by Crippen LogP contribution is 2.31. The van der Waals surface area contributed by atoms with Crippen molar-refractivity contribution in [1.82, 2.24) is 15.5 Å². The summed E-state index contributed by atoms with van der Waals surface area (Å²) < 4.78 is 5.48. The van der Waals surface area contributed by atoms with Crippen molar-refractivity contribution in [2.75, 3.05) is 13.6 Å². The molecule has 0 saturated carbocycles. The molecule has 2 atom stereocenters. The number of carbonyl (C=O) groups excluding carboxylic acids is 3. The fraction of sp³-hybridized carbons (Fsp3) is 0.300. The third-order valence-corrected chi connectivity index (χ3v) is 6.88. The van der Waals surface area contributed by atoms with Crippen LogP contribution < -0.4 is 10.6 Å². The van der Waals surface area contributed by atoms with Crippen molar-refractivity contribution in [2.45, 2.75) is 43.9 Å². The minimum atomic E-state index is -1.16. The van der Waals surface area contributed by atoms with Gasteiger partial charge in [-0.1, -0.05) is 91.0 Å². The largest absolute Gasteiger partial charge is 0.445 e. The van der Waals surface area contributed by atoms with Gasteiger partial charge in [0.1, 0.15) is 18.2 Å². The number of alkyl carbamates (subject to hydrolysis) is 1. The molecular weight excluding hydrogens is 466 g/mol. The number of benzene rings is 3. The highest BCUT2D eigenvalue weighted by Gasteiger charge is 2.50. The predicted octanol–water partition coefficient (Wildman–Crippen LogP) is 3.87. The lowest BCUT2D eigenvalue weighted by molar-refractivity contribution is -0.140. The molecular formula is C30H33N3O4. The lowest BCUT2D eigenvalue weighted by Gasteiger charge is -2.31. The zero-order chi connectivity index (χ0) is 26.1. The van der Waals surface area contributed by atoms with E-state index in [1.54, 1.807) is 11.9 Å². The number of ether oxygens (including phenoxy) is 1. The molecule has 37 heavy (non-hydrogen) atoms. The molecule has 7 nitrogen and oxygen atoms in total. The van der Waals surface area contributed by atoms with E-state index in [2.05, 4.69) is 10.6 Å². The average molecular weight is 500 g/mol. The number of amides is 3. The summed E-state index contributed by atoms with van der Waals surface area (Å²) in [6, 6.07) is 28.2. The van der Waals surface area contributed by atoms with E-state index in [1.165, 1.54) is 0 Å². The van der Waals surface area contributed by atoms with E-state index < -0.39 is 17.7 Å². The van der Waals surface area contributed by atoms with Crippen molar-refractivity contribution in [2.24, 2.45) is 0 Å². The van der Waals surface area contributed by atoms with Gasteiger partial charge in [0, 0.05) is 20.0 Å². The lowest BCUT2D eigenvalue weighted by atomic mass is 9.89. The summed E-state index contributed by atoms with van der Waals surface area (Å²) in [5.74, 6) is -0.493. The van der Waals surface area contributed by atoms with Crippen LogP contribution in [0.15, 0.2) is 91.0 Å². The Morgan fingerprint density at radius 1 is 0.892 bits per heavy atom. The molecule has 1 aliphatic heterocycles. The van der Waals surface area contributed by atoms with Gasteiger partial charge in [0.25, 0.3) is 0 Å². The Morgan fingerprint density at radius 3 is 2.05 bits per heavy atom. The summed E-state index contributed by atoms with van der Waals surface area (Å²) in [5, 5.41) is 5.61. The Hall–Kier alpha value is -4.13. The molecule has 0 aliphatic carbocycles. The highest BCUT2D eigenvalue weighted by molar-refractivity contribution is 5.96. The van der Waals surface area contributed by atoms with E-state index in [9.17, 15) is 14.4 Å². The van der Waals surface area contributed by atoms with Gasteiger partial charge < -0.3 is 20.3 Å². The fourth-order valence-electron chi connectivity index (χ4n) is 4.81. The summed E-state index contributed by atoms with van der Waals surface area (Å²) in [6.45, 7) is 0.464. The van der Waals surface area contributed by atoms with Gasteiger partial charge >= 0.3 is 6.09 Å². The average Bonchev–Trinajstić information content (AvgIpc) is 3.26. The molecule has 1 saturated heterocycles. The molecule has 4 rings (SSSR count). The number of carbonyl (C=O) groups is 3. The van der Waals surface area contributed by atoms with E-state index in [-0.39, 0.29) is 18.4 Å². The number of nitrogens with zero attached hydrogens (tertiary/aromatic N) is 1. The number of rotatable bonds is 10. The second-order valence-corrected chi connectivity index (χ2v) is 9.32. The van der Waals surface area contributed by atoms with Gasteiger partial charge in [-0.2, -0.15) is 0 Å². The number of likely N-dealkylation sites (tertiary alicyclic amines) is 1. The maximum Gasteiger partial charge on any atom is 0.408 e. The van der Waals surface area contributed by atoms with Gasteiger partial charge in [-0.25, -0.2) is 4.79 Å². The van der Waals surface area contributed by atoms with E-state index in [4.69, 9.17) is 4.74 Å². The van der Waals surface area contributed by atoms with E-state index in [0.29, 0.717) is 32.2 Å². The third kappa shape index (κ3) is 6.55. The quantitative estimate of drug-likeness (QED) is 0.443. The van der Waals surface area contributed by atoms with Gasteiger partial charge in [-0.3, -0.25) is 9.59 Å². The number of aryl methyl sites for hydroxylation is 1. The molecule has 3 aromatic carbocycles. The van der Waals surface area contributed by atoms with Gasteiger partial charge in [0.2, 0.25) is 11.8 Å². The second kappa shape index (κ2) is 12.2. The van der Waals surface area contributed by atoms with E-state index >= 15 is 0 Å². The Kier molecular flexibility index (Phi) is 8.56. The monoisotopic (exact) mass is 499 g/mol. The number of nitrogens with one attached hydrogen (secondary N) is 2. The molecule has 3 aromatic rings. The van der Waals surface area contributed by atoms with Crippen molar-refractivity contribution in [3.8, 4) is 0 Å². The molecule has 1 heterocycles. The number of likely N-dealkylation sites (N-methyl/N-ethyl adjacent to an activating group) is 1. The summed E-state index contributed by atoms with van der Waals surface area (Å²) in [7, 11) is 1.57. The highest BCUT2D eigenvalue weighted by atomic mass is 16.5. The van der Waals surface area contributed by atoms with Crippen LogP contribution >= 0.6 is 0 Å². The third-order valence-electron chi connectivity index (χ3n) is 6.88. The predicted molar refractivity (Wildman–Crippen MR) is 142 cm³/mol. The smallest absolute Gasteiger partial charge is 0.408 e. The van der Waals surface area contributed by atoms with Crippen molar-refractivity contribution < 1.29 is 19.1 Å². The molecule has 2 N–H and O–H groups in total. The topological polar surface area (TPSA) is 87.7 Å². The summed E-state index contributed by atoms with van der Waals surface area (Å²) in [4.78, 5) is 41.4. The Balaban J connectivity index is 1.54. The van der Waals surface area contributed by atoms with E-state index in [1.807, 2.05) is 91.0 Å². The standard InChI is InChI=1S/C30H33N3O4/c1-31-27(34)26(21-24-13-7-3-8-14-24)33-20-19-30(28(33)35,18-17-23-11-5-2-6-12-23)32-29(36)37-22-25-15-9-4-10-16-25/h2-16,26H,17-22H2,1H3,(H,31,34)(H,32,36)/t26-,30?/m0/s1. The molecule has 1 fully saturated rings. The van der Waals surface area contributed by atoms with Gasteiger partial charge in [-0.05, 0) is 36.0 Å². The summed E-state index contributed by atoms with van der Waals surface area (Å²) in [5.41, 5.74) is 1.73. The van der Waals surface area contributed by atoms with Crippen LogP contribution in [0.3, 0.4) is 0 Å². The minimum absolute atomic E-state index is 0.105. The first kappa shape index (κ1) is 25.9. The van der Waals surface area contributed by atoms with Gasteiger partial charge in [-0.15, -0.1) is 0 Å². The van der Waals surface area contributed by atoms with Crippen LogP contribution in [0.1, 0.15) is 29.5 Å². The first-order chi connectivity index (χ1) is 18.0. The normalized spacial score (nSPS) is 17.8. The Labute approximate surface area is 217 Å². The molecule has 0 spiro atoms. The Morgan fingerprint density at radius 2 is 1.46 bits per heavy atom. The lowest BCUT2D eigenvalue weighted by Crippen LogP contribution is -2.57. The SMILES string of the molecule is CNC(=O)[C@H](Cc1ccccc1)N1CCC(CCc2ccccc2)(NC(=O)OCc2ccccc2)C1=O. The zero-order valence-electron chi connectivity index (χ0n) is 21.1. The van der Waals surface area contributed by atoms with Crippen LogP contribution in [-0.2, 0) is 33.8 Å². The van der Waals surface area contributed by atoms with Crippen LogP contribution in [0.2, 0.25) is 0 Å². The zero-order valence-corrected chi connectivity index (χ0v) is 21.1. The van der Waals surface area contributed by atoms with Crippen molar-refractivity contribution in [3.05, 3.63) is 108 Å². The molecule has 192 valence electrons. The van der Waals surface area contributed by atoms with Crippen molar-refractivity contribution >= 4 is 17.9 Å². The summed E-state index contributed by atoms with van der Waals surface area (Å²) >= 11 is 0. The fourth-order valence-corrected chi connectivity index (χ4v) is 4.81. The van der Waals surface area contributed by atoms with Crippen LogP contribution in [0.5, 0.6) is 0 Å². The maximum absolute atomic E-state index is 14.0. The molecule has 1 unspecified atom stereocenters. The van der Waals surface area contributed by atoms with Crippen molar-refractivity contribution in [3.63, 3.8) is 0 Å². The van der Waals surface area contributed by atoms with Gasteiger partial charge in [0.15, 0.2) is 0 Å². The number of hydrogen-bond acceptors (Lipinski definition) is 4. The Bertz CT molecular complexity index is 1190. The van der Waals surface area contributed by atoms with Gasteiger partial charge in [0.05, 0.1) is 0 Å². The summed E-state index contributed by atoms with van der Waals surface area (Å²) in [6.07, 6.45) is 1.13. The van der Waals surface area contributed by atoms with Crippen molar-refractivity contribution in [1.29, 1.82) is 0 Å². The molecule has 1 aliphatic rings. The minimum Gasteiger partial charge on any atom is -0.445 e. The molecule has 0 radical (unpaired) electrons. The number of hydrogen-bond donors (Lipinski definition) is 2. The van der Waals surface area contributed by atoms with Crippen LogP contribution in [0.4, 0.5) is 4.79 Å².